The van der Waals surface area contributed by atoms with Crippen LogP contribution >= 0.6 is 23.4 Å². The van der Waals surface area contributed by atoms with Crippen LogP contribution in [0.3, 0.4) is 0 Å². The van der Waals surface area contributed by atoms with Crippen LogP contribution in [0.4, 0.5) is 0 Å². The summed E-state index contributed by atoms with van der Waals surface area (Å²) in [6.07, 6.45) is 0.976. The maximum Gasteiger partial charge on any atom is 0.277 e. The summed E-state index contributed by atoms with van der Waals surface area (Å²) in [5.41, 5.74) is 0.833. The first-order valence-corrected chi connectivity index (χ1v) is 8.10. The lowest BCUT2D eigenvalue weighted by Gasteiger charge is -2.00. The van der Waals surface area contributed by atoms with Crippen LogP contribution in [0.25, 0.3) is 11.5 Å². The Balaban J connectivity index is 1.67. The first-order valence-electron chi connectivity index (χ1n) is 6.73. The molecule has 1 aromatic carbocycles. The third-order valence-electron chi connectivity index (χ3n) is 2.86. The van der Waals surface area contributed by atoms with Crippen molar-refractivity contribution in [2.75, 3.05) is 0 Å². The van der Waals surface area contributed by atoms with Gasteiger partial charge in [0.15, 0.2) is 5.82 Å². The minimum absolute atomic E-state index is 0.465. The van der Waals surface area contributed by atoms with Gasteiger partial charge in [0.2, 0.25) is 5.89 Å². The van der Waals surface area contributed by atoms with E-state index >= 15 is 0 Å². The Morgan fingerprint density at radius 2 is 2.00 bits per heavy atom. The summed E-state index contributed by atoms with van der Waals surface area (Å²) in [7, 11) is 0. The Bertz CT molecular complexity index is 741. The van der Waals surface area contributed by atoms with Crippen molar-refractivity contribution in [3.63, 3.8) is 0 Å². The second-order valence-corrected chi connectivity index (χ2v) is 5.85. The van der Waals surface area contributed by atoms with E-state index in [9.17, 15) is 0 Å². The molecule has 2 heterocycles. The van der Waals surface area contributed by atoms with Gasteiger partial charge in [-0.15, -0.1) is 15.3 Å². The van der Waals surface area contributed by atoms with E-state index in [2.05, 4.69) is 32.6 Å². The molecule has 3 rings (SSSR count). The molecule has 114 valence electrons. The van der Waals surface area contributed by atoms with Crippen LogP contribution in [0, 0.1) is 0 Å². The summed E-state index contributed by atoms with van der Waals surface area (Å²) in [5.74, 6) is 1.83. The van der Waals surface area contributed by atoms with E-state index in [1.165, 1.54) is 11.8 Å². The highest BCUT2D eigenvalue weighted by atomic mass is 35.5. The van der Waals surface area contributed by atoms with E-state index in [-0.39, 0.29) is 0 Å². The number of nitrogens with zero attached hydrogens (tertiary/aromatic N) is 6. The molecule has 9 heteroatoms. The maximum atomic E-state index is 5.86. The summed E-state index contributed by atoms with van der Waals surface area (Å²) in [6.45, 7) is 2.87. The molecule has 0 fully saturated rings. The van der Waals surface area contributed by atoms with Crippen LogP contribution < -0.4 is 0 Å². The Kier molecular flexibility index (Phi) is 4.69. The van der Waals surface area contributed by atoms with E-state index < -0.39 is 0 Å². The fraction of sp³-hybridized carbons (Fsp3) is 0.308. The fourth-order valence-electron chi connectivity index (χ4n) is 1.82. The van der Waals surface area contributed by atoms with Crippen LogP contribution in [-0.4, -0.2) is 30.4 Å². The first-order chi connectivity index (χ1) is 10.8. The average molecular weight is 337 g/mol. The van der Waals surface area contributed by atoms with Gasteiger partial charge in [0.1, 0.15) is 0 Å². The molecule has 2 aromatic heterocycles. The molecule has 7 nitrogen and oxygen atoms in total. The largest absolute Gasteiger partial charge is 0.411 e. The minimum atomic E-state index is 0.465. The molecule has 0 atom stereocenters. The number of halogens is 1. The zero-order chi connectivity index (χ0) is 15.4. The van der Waals surface area contributed by atoms with Gasteiger partial charge < -0.3 is 4.42 Å². The maximum absolute atomic E-state index is 5.86. The molecule has 0 radical (unpaired) electrons. The molecule has 22 heavy (non-hydrogen) atoms. The van der Waals surface area contributed by atoms with Crippen molar-refractivity contribution in [2.24, 2.45) is 0 Å². The number of aromatic nitrogens is 6. The lowest BCUT2D eigenvalue weighted by atomic mass is 10.2. The molecule has 0 unspecified atom stereocenters. The van der Waals surface area contributed by atoms with Gasteiger partial charge in [0.05, 0.1) is 5.75 Å². The topological polar surface area (TPSA) is 82.5 Å². The Hall–Kier alpha value is -1.93. The van der Waals surface area contributed by atoms with E-state index in [4.69, 9.17) is 16.0 Å². The van der Waals surface area contributed by atoms with E-state index in [0.29, 0.717) is 21.9 Å². The van der Waals surface area contributed by atoms with Crippen molar-refractivity contribution < 1.29 is 4.42 Å². The molecular formula is C13H13ClN6OS. The van der Waals surface area contributed by atoms with Crippen molar-refractivity contribution in [3.8, 4) is 11.5 Å². The van der Waals surface area contributed by atoms with Crippen LogP contribution in [0.15, 0.2) is 33.9 Å². The molecule has 0 aliphatic heterocycles. The molecule has 0 bridgehead atoms. The van der Waals surface area contributed by atoms with E-state index in [1.54, 1.807) is 16.8 Å². The van der Waals surface area contributed by atoms with Gasteiger partial charge >= 0.3 is 0 Å². The molecule has 3 aromatic rings. The highest BCUT2D eigenvalue weighted by Crippen LogP contribution is 2.25. The Labute approximate surface area is 136 Å². The number of thioether (sulfide) groups is 1. The van der Waals surface area contributed by atoms with Crippen LogP contribution in [-0.2, 0) is 12.3 Å². The predicted molar refractivity (Wildman–Crippen MR) is 82.4 cm³/mol. The second-order valence-electron chi connectivity index (χ2n) is 4.49. The average Bonchev–Trinajstić information content (AvgIpc) is 3.16. The monoisotopic (exact) mass is 336 g/mol. The van der Waals surface area contributed by atoms with Crippen molar-refractivity contribution in [2.45, 2.75) is 30.9 Å². The summed E-state index contributed by atoms with van der Waals surface area (Å²) in [5, 5.41) is 20.8. The van der Waals surface area contributed by atoms with Gasteiger partial charge in [-0.2, -0.15) is 0 Å². The lowest BCUT2D eigenvalue weighted by Crippen LogP contribution is -2.04. The fourth-order valence-corrected chi connectivity index (χ4v) is 2.64. The molecule has 0 saturated heterocycles. The number of tetrazole rings is 1. The van der Waals surface area contributed by atoms with Crippen molar-refractivity contribution in [1.29, 1.82) is 0 Å². The van der Waals surface area contributed by atoms with Gasteiger partial charge in [0.25, 0.3) is 5.22 Å². The summed E-state index contributed by atoms with van der Waals surface area (Å²) in [6, 6.07) is 7.25. The highest BCUT2D eigenvalue weighted by molar-refractivity contribution is 7.98. The number of benzene rings is 1. The highest BCUT2D eigenvalue weighted by Gasteiger charge is 2.12. The van der Waals surface area contributed by atoms with E-state index in [1.807, 2.05) is 12.1 Å². The van der Waals surface area contributed by atoms with Gasteiger partial charge in [-0.1, -0.05) is 30.3 Å². The number of rotatable bonds is 6. The lowest BCUT2D eigenvalue weighted by molar-refractivity contribution is 0.465. The Morgan fingerprint density at radius 3 is 2.77 bits per heavy atom. The second kappa shape index (κ2) is 6.89. The predicted octanol–water partition coefficient (Wildman–Crippen LogP) is 3.08. The molecule has 0 amide bonds. The van der Waals surface area contributed by atoms with Crippen LogP contribution in [0.1, 0.15) is 19.2 Å². The summed E-state index contributed by atoms with van der Waals surface area (Å²) < 4.78 is 7.41. The number of aryl methyl sites for hydroxylation is 1. The van der Waals surface area contributed by atoms with Gasteiger partial charge in [-0.05, 0) is 41.1 Å². The number of hydrogen-bond donors (Lipinski definition) is 0. The van der Waals surface area contributed by atoms with Crippen molar-refractivity contribution >= 4 is 23.4 Å². The zero-order valence-electron chi connectivity index (χ0n) is 11.8. The smallest absolute Gasteiger partial charge is 0.277 e. The SMILES string of the molecule is CCCn1nnnc1CSc1nnc(-c2ccc(Cl)cc2)o1. The molecule has 0 aliphatic carbocycles. The number of hydrogen-bond acceptors (Lipinski definition) is 7. The first kappa shape index (κ1) is 15.0. The normalized spacial score (nSPS) is 11.0. The molecular weight excluding hydrogens is 324 g/mol. The van der Waals surface area contributed by atoms with Gasteiger partial charge in [0, 0.05) is 17.1 Å². The molecule has 0 spiro atoms. The van der Waals surface area contributed by atoms with Crippen molar-refractivity contribution in [1.82, 2.24) is 30.4 Å². The summed E-state index contributed by atoms with van der Waals surface area (Å²) in [4.78, 5) is 0. The molecule has 0 saturated carbocycles. The zero-order valence-corrected chi connectivity index (χ0v) is 13.4. The quantitative estimate of drug-likeness (QED) is 0.639. The molecule has 0 N–H and O–H groups in total. The molecule has 0 aliphatic rings. The van der Waals surface area contributed by atoms with Crippen molar-refractivity contribution in [3.05, 3.63) is 35.1 Å². The Morgan fingerprint density at radius 1 is 1.18 bits per heavy atom. The summed E-state index contributed by atoms with van der Waals surface area (Å²) >= 11 is 7.27. The van der Waals surface area contributed by atoms with E-state index in [0.717, 1.165) is 24.4 Å². The van der Waals surface area contributed by atoms with Crippen LogP contribution in [0.5, 0.6) is 0 Å². The van der Waals surface area contributed by atoms with Crippen LogP contribution in [0.2, 0.25) is 5.02 Å². The minimum Gasteiger partial charge on any atom is -0.411 e. The van der Waals surface area contributed by atoms with Gasteiger partial charge in [-0.25, -0.2) is 4.68 Å². The standard InChI is InChI=1S/C13H13ClN6OS/c1-2-7-20-11(15-18-19-20)8-22-13-17-16-12(21-13)9-3-5-10(14)6-4-9/h3-6H,2,7-8H2,1H3. The van der Waals surface area contributed by atoms with Gasteiger partial charge in [-0.3, -0.25) is 0 Å². The third-order valence-corrected chi connectivity index (χ3v) is 3.93. The third kappa shape index (κ3) is 3.45.